The summed E-state index contributed by atoms with van der Waals surface area (Å²) in [6.07, 6.45) is 9.98. The minimum Gasteiger partial charge on any atom is -0.508 e. The standard InChI is InChI=1S/C22H24N2O9.C12H26O4S.2H2O/c1-21(32)7-5-4-6-8(25)9(7)15(26)10-12(21)17(28)13-14(24(2)3)16(27)11(20(23)31)19(30)22(13,33)18(10)29;1-2-3-4-5-6-7-8-9-10-11-12-16-17(13,14)15;;/h4-6,12-14,17,25-26,28,30,32-33H,1-3H3,(H2,23,31);2-12H2,1H3,(H,13,14,15);2*1H2/t12-,13-,14+,17+,21-,22+;;;/m1.../s1. The van der Waals surface area contributed by atoms with Crippen LogP contribution in [0.15, 0.2) is 35.1 Å². The zero-order valence-corrected chi connectivity index (χ0v) is 30.6. The van der Waals surface area contributed by atoms with Crippen LogP contribution < -0.4 is 5.73 Å². The lowest BCUT2D eigenvalue weighted by atomic mass is 9.53. The summed E-state index contributed by atoms with van der Waals surface area (Å²) in [5, 5.41) is 66.3. The maximum atomic E-state index is 13.7. The van der Waals surface area contributed by atoms with E-state index in [1.54, 1.807) is 0 Å². The maximum Gasteiger partial charge on any atom is 0.397 e. The van der Waals surface area contributed by atoms with Gasteiger partial charge < -0.3 is 47.3 Å². The summed E-state index contributed by atoms with van der Waals surface area (Å²) in [4.78, 5) is 39.9. The fourth-order valence-electron chi connectivity index (χ4n) is 7.35. The number of carbonyl (C=O) groups is 3. The van der Waals surface area contributed by atoms with E-state index in [1.807, 2.05) is 0 Å². The van der Waals surface area contributed by atoms with E-state index < -0.39 is 91.5 Å². The summed E-state index contributed by atoms with van der Waals surface area (Å²) in [6, 6.07) is 2.50. The Morgan fingerprint density at radius 1 is 0.942 bits per heavy atom. The van der Waals surface area contributed by atoms with Crippen LogP contribution in [0.3, 0.4) is 0 Å². The molecule has 0 saturated heterocycles. The van der Waals surface area contributed by atoms with Crippen LogP contribution in [0.5, 0.6) is 5.75 Å². The number of fused-ring (bicyclic) bond motifs is 3. The molecule has 13 N–H and O–H groups in total. The lowest BCUT2D eigenvalue weighted by molar-refractivity contribution is -0.181. The summed E-state index contributed by atoms with van der Waals surface area (Å²) in [5.41, 5.74) is -1.78. The second kappa shape index (κ2) is 18.5. The molecule has 0 aliphatic heterocycles. The van der Waals surface area contributed by atoms with Crippen molar-refractivity contribution in [1.29, 1.82) is 0 Å². The molecule has 0 unspecified atom stereocenters. The number of unbranched alkanes of at least 4 members (excludes halogenated alkanes) is 9. The predicted molar refractivity (Wildman–Crippen MR) is 188 cm³/mol. The first-order chi connectivity index (χ1) is 23.3. The second-order valence-corrected chi connectivity index (χ2v) is 14.6. The fourth-order valence-corrected chi connectivity index (χ4v) is 7.68. The average molecular weight is 763 g/mol. The van der Waals surface area contributed by atoms with E-state index in [1.165, 1.54) is 89.1 Å². The third-order valence-electron chi connectivity index (χ3n) is 9.76. The number of aliphatic hydroxyl groups is 5. The van der Waals surface area contributed by atoms with Gasteiger partial charge in [0.05, 0.1) is 47.3 Å². The molecule has 18 heteroatoms. The third kappa shape index (κ3) is 9.18. The largest absolute Gasteiger partial charge is 0.508 e. The average Bonchev–Trinajstić information content (AvgIpc) is 3.01. The van der Waals surface area contributed by atoms with Crippen molar-refractivity contribution >= 4 is 33.6 Å². The van der Waals surface area contributed by atoms with Gasteiger partial charge in [0.25, 0.3) is 5.91 Å². The first-order valence-electron chi connectivity index (χ1n) is 16.8. The number of aromatic hydroxyl groups is 1. The monoisotopic (exact) mass is 762 g/mol. The summed E-state index contributed by atoms with van der Waals surface area (Å²) < 4.78 is 33.0. The van der Waals surface area contributed by atoms with Crippen molar-refractivity contribution < 1.29 is 73.1 Å². The highest BCUT2D eigenvalue weighted by molar-refractivity contribution is 7.80. The van der Waals surface area contributed by atoms with E-state index in [2.05, 4.69) is 11.1 Å². The Morgan fingerprint density at radius 3 is 1.94 bits per heavy atom. The van der Waals surface area contributed by atoms with Gasteiger partial charge in [-0.1, -0.05) is 76.8 Å². The number of aliphatic hydroxyl groups excluding tert-OH is 3. The Balaban J connectivity index is 0.000000611. The van der Waals surface area contributed by atoms with Gasteiger partial charge in [0.1, 0.15) is 22.8 Å². The number of phenols is 1. The zero-order chi connectivity index (χ0) is 37.8. The number of nitrogens with zero attached hydrogens (tertiary/aromatic N) is 1. The van der Waals surface area contributed by atoms with Crippen molar-refractivity contribution in [1.82, 2.24) is 4.90 Å². The highest BCUT2D eigenvalue weighted by atomic mass is 32.3. The molecule has 1 amide bonds. The molecule has 1 fully saturated rings. The Labute approximate surface area is 303 Å². The molecule has 6 atom stereocenters. The number of hydrogen-bond acceptors (Lipinski definition) is 13. The predicted octanol–water partition coefficient (Wildman–Crippen LogP) is 0.677. The van der Waals surface area contributed by atoms with Crippen LogP contribution in [-0.4, -0.2) is 115 Å². The van der Waals surface area contributed by atoms with Gasteiger partial charge in [-0.2, -0.15) is 8.42 Å². The number of carbonyl (C=O) groups excluding carboxylic acids is 3. The first kappa shape index (κ1) is 46.6. The van der Waals surface area contributed by atoms with Crippen LogP contribution in [0.2, 0.25) is 0 Å². The van der Waals surface area contributed by atoms with E-state index in [-0.39, 0.29) is 28.7 Å². The van der Waals surface area contributed by atoms with Gasteiger partial charge in [0.15, 0.2) is 11.4 Å². The normalized spacial score (nSPS) is 26.7. The van der Waals surface area contributed by atoms with E-state index in [0.717, 1.165) is 12.8 Å². The molecule has 1 aromatic carbocycles. The number of primary amides is 1. The van der Waals surface area contributed by atoms with Crippen molar-refractivity contribution in [2.45, 2.75) is 101 Å². The molecule has 17 nitrogen and oxygen atoms in total. The Bertz CT molecular complexity index is 1620. The fraction of sp³-hybridized carbons (Fsp3) is 0.618. The lowest BCUT2D eigenvalue weighted by Gasteiger charge is -2.55. The molecule has 3 aliphatic carbocycles. The van der Waals surface area contributed by atoms with Crippen LogP contribution in [0.4, 0.5) is 0 Å². The molecule has 0 heterocycles. The number of phenolic OH excluding ortho intramolecular Hbond substituents is 1. The SMILES string of the molecule is CCCCCCCCCCCCOS(=O)(=O)O.CN(C)[C@@H]1C(=O)C(C(N)=O)=C(O)[C@@]2(O)C(=O)C3=C(O)c4c(O)cccc4[C@@](C)(O)[C@H]3[C@H](O)[C@@H]12.O.O. The van der Waals surface area contributed by atoms with Crippen molar-refractivity contribution in [2.75, 3.05) is 20.7 Å². The van der Waals surface area contributed by atoms with E-state index in [9.17, 15) is 53.4 Å². The van der Waals surface area contributed by atoms with Gasteiger partial charge in [0, 0.05) is 0 Å². The van der Waals surface area contributed by atoms with Crippen LogP contribution in [0.1, 0.15) is 89.2 Å². The third-order valence-corrected chi connectivity index (χ3v) is 10.2. The molecule has 4 rings (SSSR count). The molecular weight excluding hydrogens is 708 g/mol. The smallest absolute Gasteiger partial charge is 0.397 e. The molecule has 1 saturated carbocycles. The van der Waals surface area contributed by atoms with Crippen molar-refractivity contribution in [3.63, 3.8) is 0 Å². The number of nitrogens with two attached hydrogens (primary N) is 1. The quantitative estimate of drug-likeness (QED) is 0.0734. The Morgan fingerprint density at radius 2 is 1.46 bits per heavy atom. The number of benzene rings is 1. The molecule has 0 bridgehead atoms. The van der Waals surface area contributed by atoms with Gasteiger partial charge in [0.2, 0.25) is 5.78 Å². The zero-order valence-electron chi connectivity index (χ0n) is 29.8. The van der Waals surface area contributed by atoms with Gasteiger partial charge >= 0.3 is 10.4 Å². The number of likely N-dealkylation sites (N-methyl/N-ethyl adjacent to an activating group) is 1. The number of rotatable bonds is 14. The molecule has 52 heavy (non-hydrogen) atoms. The molecule has 1 aromatic rings. The number of Topliss-reactive ketones (excluding diaryl/α,β-unsaturated/α-hetero) is 2. The van der Waals surface area contributed by atoms with Crippen molar-refractivity contribution in [3.05, 3.63) is 46.2 Å². The van der Waals surface area contributed by atoms with E-state index in [4.69, 9.17) is 10.3 Å². The van der Waals surface area contributed by atoms with Gasteiger partial charge in [-0.25, -0.2) is 4.18 Å². The van der Waals surface area contributed by atoms with E-state index >= 15 is 0 Å². The molecule has 3 aliphatic rings. The highest BCUT2D eigenvalue weighted by Crippen LogP contribution is 2.57. The molecule has 0 spiro atoms. The van der Waals surface area contributed by atoms with Gasteiger partial charge in [-0.05, 0) is 39.1 Å². The van der Waals surface area contributed by atoms with Crippen LogP contribution in [0, 0.1) is 11.8 Å². The number of hydrogen-bond donors (Lipinski definition) is 8. The summed E-state index contributed by atoms with van der Waals surface area (Å²) in [6.45, 7) is 3.56. The summed E-state index contributed by atoms with van der Waals surface area (Å²) >= 11 is 0. The summed E-state index contributed by atoms with van der Waals surface area (Å²) in [7, 11) is -1.44. The Hall–Kier alpha value is -3.46. The number of ketones is 2. The second-order valence-electron chi connectivity index (χ2n) is 13.5. The van der Waals surface area contributed by atoms with Crippen molar-refractivity contribution in [2.24, 2.45) is 17.6 Å². The minimum atomic E-state index is -4.23. The summed E-state index contributed by atoms with van der Waals surface area (Å²) in [5.74, 6) is -9.67. The number of amides is 1. The van der Waals surface area contributed by atoms with Gasteiger partial charge in [-0.15, -0.1) is 0 Å². The molecule has 296 valence electrons. The van der Waals surface area contributed by atoms with Crippen molar-refractivity contribution in [3.8, 4) is 5.75 Å². The molecule has 0 radical (unpaired) electrons. The van der Waals surface area contributed by atoms with Gasteiger partial charge in [-0.3, -0.25) is 23.8 Å². The van der Waals surface area contributed by atoms with Crippen LogP contribution >= 0.6 is 0 Å². The van der Waals surface area contributed by atoms with E-state index in [0.29, 0.717) is 6.42 Å². The lowest BCUT2D eigenvalue weighted by Crippen LogP contribution is -2.71. The first-order valence-corrected chi connectivity index (χ1v) is 18.1. The minimum absolute atomic E-state index is 0. The molecule has 0 aromatic heterocycles. The van der Waals surface area contributed by atoms with Crippen LogP contribution in [0.25, 0.3) is 5.76 Å². The maximum absolute atomic E-state index is 13.7. The topological polar surface area (TPSA) is 328 Å². The molecular formula is C34H54N2O15S. The highest BCUT2D eigenvalue weighted by Gasteiger charge is 2.70. The Kier molecular flexibility index (Phi) is 16.6. The van der Waals surface area contributed by atoms with Crippen LogP contribution in [-0.2, 0) is 34.6 Å².